The van der Waals surface area contributed by atoms with E-state index in [0.717, 1.165) is 30.6 Å². The molecule has 6 nitrogen and oxygen atoms in total. The maximum Gasteiger partial charge on any atom is 0.270 e. The summed E-state index contributed by atoms with van der Waals surface area (Å²) in [6.45, 7) is 4.29. The molecule has 0 amide bonds. The number of anilines is 1. The number of hydrogen-bond donors (Lipinski definition) is 2. The molecule has 0 bridgehead atoms. The average molecular weight is 276 g/mol. The number of sulfonamides is 1. The highest BCUT2D eigenvalue weighted by molar-refractivity contribution is 7.91. The predicted molar refractivity (Wildman–Crippen MR) is 66.1 cm³/mol. The fourth-order valence-corrected chi connectivity index (χ4v) is 4.21. The van der Waals surface area contributed by atoms with E-state index in [1.807, 2.05) is 0 Å². The van der Waals surface area contributed by atoms with E-state index in [9.17, 15) is 8.42 Å². The van der Waals surface area contributed by atoms with Gasteiger partial charge in [0.15, 0.2) is 0 Å². The zero-order valence-electron chi connectivity index (χ0n) is 9.80. The van der Waals surface area contributed by atoms with Gasteiger partial charge in [0.2, 0.25) is 9.47 Å². The molecule has 0 aromatic carbocycles. The summed E-state index contributed by atoms with van der Waals surface area (Å²) in [5.74, 6) is 0. The monoisotopic (exact) mass is 276 g/mol. The average Bonchev–Trinajstić information content (AvgIpc) is 2.72. The van der Waals surface area contributed by atoms with Crippen LogP contribution in [0.1, 0.15) is 33.1 Å². The smallest absolute Gasteiger partial charge is 0.270 e. The quantitative estimate of drug-likeness (QED) is 0.857. The van der Waals surface area contributed by atoms with E-state index in [1.54, 1.807) is 0 Å². The van der Waals surface area contributed by atoms with Crippen LogP contribution in [0.4, 0.5) is 5.13 Å². The molecule has 1 fully saturated rings. The van der Waals surface area contributed by atoms with E-state index < -0.39 is 10.0 Å². The Kier molecular flexibility index (Phi) is 3.13. The van der Waals surface area contributed by atoms with E-state index in [2.05, 4.69) is 28.8 Å². The van der Waals surface area contributed by atoms with Gasteiger partial charge in [-0.05, 0) is 24.7 Å². The number of nitrogen functional groups attached to an aromatic ring is 1. The molecule has 1 aromatic heterocycles. The van der Waals surface area contributed by atoms with Crippen LogP contribution in [0.25, 0.3) is 0 Å². The Labute approximate surface area is 105 Å². The van der Waals surface area contributed by atoms with Crippen LogP contribution in [0.3, 0.4) is 0 Å². The molecule has 0 radical (unpaired) electrons. The minimum absolute atomic E-state index is 0.0138. The van der Waals surface area contributed by atoms with Crippen molar-refractivity contribution >= 4 is 26.5 Å². The van der Waals surface area contributed by atoms with Crippen LogP contribution in [0.2, 0.25) is 0 Å². The molecule has 1 unspecified atom stereocenters. The molecule has 1 atom stereocenters. The van der Waals surface area contributed by atoms with Crippen molar-refractivity contribution in [1.82, 2.24) is 14.9 Å². The number of nitrogens with two attached hydrogens (primary N) is 1. The van der Waals surface area contributed by atoms with Crippen LogP contribution in [0.15, 0.2) is 4.34 Å². The SMILES string of the molecule is CC1(C)CCC(NS(=O)(=O)c2nnc(N)s2)C1. The van der Waals surface area contributed by atoms with Gasteiger partial charge in [-0.1, -0.05) is 25.2 Å². The molecule has 3 N–H and O–H groups in total. The van der Waals surface area contributed by atoms with Crippen LogP contribution >= 0.6 is 11.3 Å². The molecule has 96 valence electrons. The van der Waals surface area contributed by atoms with E-state index in [4.69, 9.17) is 5.73 Å². The number of hydrogen-bond acceptors (Lipinski definition) is 6. The molecule has 0 spiro atoms. The summed E-state index contributed by atoms with van der Waals surface area (Å²) in [6, 6.07) is -0.0138. The predicted octanol–water partition coefficient (Wildman–Crippen LogP) is 0.977. The van der Waals surface area contributed by atoms with E-state index >= 15 is 0 Å². The third-order valence-corrected chi connectivity index (χ3v) is 5.58. The summed E-state index contributed by atoms with van der Waals surface area (Å²) < 4.78 is 26.5. The van der Waals surface area contributed by atoms with Crippen LogP contribution < -0.4 is 10.5 Å². The number of nitrogens with zero attached hydrogens (tertiary/aromatic N) is 2. The maximum atomic E-state index is 12.0. The largest absolute Gasteiger partial charge is 0.374 e. The zero-order chi connectivity index (χ0) is 12.7. The molecule has 1 aromatic rings. The van der Waals surface area contributed by atoms with Gasteiger partial charge in [-0.2, -0.15) is 0 Å². The van der Waals surface area contributed by atoms with Gasteiger partial charge in [0.25, 0.3) is 10.0 Å². The normalized spacial score (nSPS) is 24.0. The minimum atomic E-state index is -3.56. The summed E-state index contributed by atoms with van der Waals surface area (Å²) in [4.78, 5) is 0. The lowest BCUT2D eigenvalue weighted by Gasteiger charge is -2.17. The molecule has 1 aliphatic carbocycles. The van der Waals surface area contributed by atoms with E-state index in [-0.39, 0.29) is 20.9 Å². The Balaban J connectivity index is 2.09. The lowest BCUT2D eigenvalue weighted by molar-refractivity contribution is 0.372. The Hall–Kier alpha value is -0.730. The molecule has 17 heavy (non-hydrogen) atoms. The second-order valence-corrected chi connectivity index (χ2v) is 8.03. The maximum absolute atomic E-state index is 12.0. The van der Waals surface area contributed by atoms with Crippen LogP contribution in [-0.2, 0) is 10.0 Å². The first-order chi connectivity index (χ1) is 7.78. The van der Waals surface area contributed by atoms with Crippen molar-refractivity contribution in [3.8, 4) is 0 Å². The zero-order valence-corrected chi connectivity index (χ0v) is 11.4. The molecule has 8 heteroatoms. The molecule has 2 rings (SSSR count). The van der Waals surface area contributed by atoms with Gasteiger partial charge in [-0.25, -0.2) is 13.1 Å². The Morgan fingerprint density at radius 3 is 2.65 bits per heavy atom. The van der Waals surface area contributed by atoms with Gasteiger partial charge >= 0.3 is 0 Å². The standard InChI is InChI=1S/C9H16N4O2S2/c1-9(2)4-3-6(5-9)13-17(14,15)8-12-11-7(10)16-8/h6,13H,3-5H2,1-2H3,(H2,10,11). The van der Waals surface area contributed by atoms with Gasteiger partial charge in [0.1, 0.15) is 0 Å². The minimum Gasteiger partial charge on any atom is -0.374 e. The molecule has 1 saturated carbocycles. The van der Waals surface area contributed by atoms with Gasteiger partial charge in [0, 0.05) is 6.04 Å². The second kappa shape index (κ2) is 4.18. The van der Waals surface area contributed by atoms with Crippen molar-refractivity contribution in [2.45, 2.75) is 43.5 Å². The third-order valence-electron chi connectivity index (χ3n) is 2.94. The van der Waals surface area contributed by atoms with Crippen LogP contribution in [0, 0.1) is 5.41 Å². The van der Waals surface area contributed by atoms with Crippen molar-refractivity contribution in [2.75, 3.05) is 5.73 Å². The van der Waals surface area contributed by atoms with Crippen molar-refractivity contribution in [2.24, 2.45) is 5.41 Å². The van der Waals surface area contributed by atoms with Gasteiger partial charge in [-0.15, -0.1) is 10.2 Å². The number of nitrogens with one attached hydrogen (secondary N) is 1. The first kappa shape index (κ1) is 12.7. The highest BCUT2D eigenvalue weighted by Gasteiger charge is 2.34. The van der Waals surface area contributed by atoms with Crippen LogP contribution in [-0.4, -0.2) is 24.7 Å². The number of rotatable bonds is 3. The summed E-state index contributed by atoms with van der Waals surface area (Å²) in [7, 11) is -3.56. The molecule has 1 heterocycles. The van der Waals surface area contributed by atoms with Gasteiger partial charge in [0.05, 0.1) is 0 Å². The summed E-state index contributed by atoms with van der Waals surface area (Å²) in [5.41, 5.74) is 5.58. The molecule has 0 aliphatic heterocycles. The first-order valence-corrected chi connectivity index (χ1v) is 7.70. The fraction of sp³-hybridized carbons (Fsp3) is 0.778. The molecular weight excluding hydrogens is 260 g/mol. The van der Waals surface area contributed by atoms with Crippen molar-refractivity contribution < 1.29 is 8.42 Å². The first-order valence-electron chi connectivity index (χ1n) is 5.40. The molecular formula is C9H16N4O2S2. The van der Waals surface area contributed by atoms with E-state index in [1.165, 1.54) is 0 Å². The third kappa shape index (κ3) is 2.93. The van der Waals surface area contributed by atoms with E-state index in [0.29, 0.717) is 0 Å². The van der Waals surface area contributed by atoms with Crippen LogP contribution in [0.5, 0.6) is 0 Å². The highest BCUT2D eigenvalue weighted by Crippen LogP contribution is 2.37. The van der Waals surface area contributed by atoms with Gasteiger partial charge in [-0.3, -0.25) is 0 Å². The second-order valence-electron chi connectivity index (χ2n) is 5.13. The Bertz CT molecular complexity index is 509. The fourth-order valence-electron chi connectivity index (χ4n) is 2.14. The highest BCUT2D eigenvalue weighted by atomic mass is 32.2. The van der Waals surface area contributed by atoms with Crippen molar-refractivity contribution in [1.29, 1.82) is 0 Å². The number of aromatic nitrogens is 2. The Morgan fingerprint density at radius 2 is 2.18 bits per heavy atom. The Morgan fingerprint density at radius 1 is 1.47 bits per heavy atom. The topological polar surface area (TPSA) is 98.0 Å². The lowest BCUT2D eigenvalue weighted by atomic mass is 9.92. The molecule has 1 aliphatic rings. The van der Waals surface area contributed by atoms with Gasteiger partial charge < -0.3 is 5.73 Å². The lowest BCUT2D eigenvalue weighted by Crippen LogP contribution is -2.33. The summed E-state index contributed by atoms with van der Waals surface area (Å²) >= 11 is 0.883. The van der Waals surface area contributed by atoms with Crippen molar-refractivity contribution in [3.05, 3.63) is 0 Å². The summed E-state index contributed by atoms with van der Waals surface area (Å²) in [6.07, 6.45) is 2.74. The molecule has 0 saturated heterocycles. The summed E-state index contributed by atoms with van der Waals surface area (Å²) in [5, 5.41) is 7.24. The van der Waals surface area contributed by atoms with Crippen molar-refractivity contribution in [3.63, 3.8) is 0 Å².